The highest BCUT2D eigenvalue weighted by Crippen LogP contribution is 2.48. The van der Waals surface area contributed by atoms with Gasteiger partial charge in [0, 0.05) is 51.2 Å². The van der Waals surface area contributed by atoms with E-state index in [4.69, 9.17) is 0 Å². The quantitative estimate of drug-likeness (QED) is 0.440. The molecule has 6 rings (SSSR count). The number of anilines is 2. The van der Waals surface area contributed by atoms with Gasteiger partial charge in [-0.05, 0) is 61.1 Å². The molecule has 11 heteroatoms. The predicted octanol–water partition coefficient (Wildman–Crippen LogP) is 4.58. The molecule has 7 nitrogen and oxygen atoms in total. The summed E-state index contributed by atoms with van der Waals surface area (Å²) in [7, 11) is -5.70. The fraction of sp³-hybridized carbons (Fsp3) is 0.500. The van der Waals surface area contributed by atoms with Gasteiger partial charge in [-0.25, -0.2) is 16.8 Å². The predicted molar refractivity (Wildman–Crippen MR) is 154 cm³/mol. The molecule has 1 N–H and O–H groups in total. The summed E-state index contributed by atoms with van der Waals surface area (Å²) in [5.74, 6) is 1.09. The lowest BCUT2D eigenvalue weighted by Gasteiger charge is -2.33. The largest absolute Gasteiger partial charge is 0.384 e. The zero-order valence-electron chi connectivity index (χ0n) is 20.6. The Hall–Kier alpha value is -1.43. The van der Waals surface area contributed by atoms with Gasteiger partial charge in [0.1, 0.15) is 19.7 Å². The van der Waals surface area contributed by atoms with Crippen LogP contribution in [-0.4, -0.2) is 58.8 Å². The topological polar surface area (TPSA) is 101 Å². The molecule has 4 aliphatic rings. The van der Waals surface area contributed by atoms with E-state index < -0.39 is 19.7 Å². The smallest absolute Gasteiger partial charge is 0.223 e. The Morgan fingerprint density at radius 1 is 0.811 bits per heavy atom. The molecular weight excluding hydrogens is 644 g/mol. The van der Waals surface area contributed by atoms with Crippen molar-refractivity contribution in [2.75, 3.05) is 46.3 Å². The number of amides is 1. The first kappa shape index (κ1) is 27.1. The van der Waals surface area contributed by atoms with E-state index in [1.165, 1.54) is 5.56 Å². The minimum Gasteiger partial charge on any atom is -0.384 e. The summed E-state index contributed by atoms with van der Waals surface area (Å²) in [6.07, 6.45) is 2.70. The van der Waals surface area contributed by atoms with Crippen molar-refractivity contribution in [2.45, 2.75) is 43.4 Å². The number of hydrogen-bond acceptors (Lipinski definition) is 6. The molecule has 0 bridgehead atoms. The third-order valence-electron chi connectivity index (χ3n) is 8.40. The summed E-state index contributed by atoms with van der Waals surface area (Å²) >= 11 is 6.90. The lowest BCUT2D eigenvalue weighted by atomic mass is 9.77. The molecule has 0 aliphatic carbocycles. The first-order valence-corrected chi connectivity index (χ1v) is 17.6. The van der Waals surface area contributed by atoms with Crippen molar-refractivity contribution < 1.29 is 21.6 Å². The van der Waals surface area contributed by atoms with E-state index in [-0.39, 0.29) is 28.2 Å². The number of sulfone groups is 2. The number of benzene rings is 2. The molecule has 4 aliphatic heterocycles. The van der Waals surface area contributed by atoms with Crippen molar-refractivity contribution in [1.82, 2.24) is 0 Å². The van der Waals surface area contributed by atoms with Crippen LogP contribution in [0.3, 0.4) is 0 Å². The molecule has 0 aromatic heterocycles. The van der Waals surface area contributed by atoms with Crippen LogP contribution >= 0.6 is 31.9 Å². The van der Waals surface area contributed by atoms with Crippen LogP contribution in [0.4, 0.5) is 11.4 Å². The van der Waals surface area contributed by atoms with Gasteiger partial charge in [0.15, 0.2) is 0 Å². The second-order valence-corrected chi connectivity index (χ2v) is 17.1. The van der Waals surface area contributed by atoms with Gasteiger partial charge in [0.25, 0.3) is 0 Å². The third-order valence-corrected chi connectivity index (χ3v) is 12.7. The van der Waals surface area contributed by atoms with E-state index in [0.717, 1.165) is 45.3 Å². The number of rotatable bonds is 0. The molecule has 200 valence electrons. The van der Waals surface area contributed by atoms with Gasteiger partial charge < -0.3 is 10.2 Å². The van der Waals surface area contributed by atoms with Crippen molar-refractivity contribution in [1.29, 1.82) is 0 Å². The van der Waals surface area contributed by atoms with Crippen LogP contribution in [0.2, 0.25) is 0 Å². The Kier molecular flexibility index (Phi) is 7.07. The van der Waals surface area contributed by atoms with E-state index in [9.17, 15) is 21.6 Å². The number of hydrogen-bond donors (Lipinski definition) is 1. The van der Waals surface area contributed by atoms with Crippen LogP contribution < -0.4 is 10.2 Å². The molecule has 0 unspecified atom stereocenters. The number of nitrogens with one attached hydrogen (secondary N) is 1. The molecule has 2 saturated heterocycles. The molecule has 2 fully saturated rings. The van der Waals surface area contributed by atoms with Gasteiger partial charge >= 0.3 is 0 Å². The molecule has 2 aromatic carbocycles. The Balaban J connectivity index is 0.000000153. The first-order valence-electron chi connectivity index (χ1n) is 12.4. The maximum absolute atomic E-state index is 11.9. The van der Waals surface area contributed by atoms with Gasteiger partial charge in [-0.3, -0.25) is 4.79 Å². The maximum Gasteiger partial charge on any atom is 0.223 e. The minimum absolute atomic E-state index is 0.00894. The van der Waals surface area contributed by atoms with Crippen molar-refractivity contribution in [2.24, 2.45) is 0 Å². The highest BCUT2D eigenvalue weighted by Gasteiger charge is 2.47. The van der Waals surface area contributed by atoms with E-state index in [2.05, 4.69) is 49.3 Å². The SMILES string of the molecule is CC(=O)N1CC2(CCS(=O)(=O)CC2)c2ccc(Br)cc21.O=S1(=O)CCC2(CC1)CNc1cc(Br)ccc12. The molecule has 2 spiro atoms. The molecule has 37 heavy (non-hydrogen) atoms. The summed E-state index contributed by atoms with van der Waals surface area (Å²) in [6, 6.07) is 12.2. The summed E-state index contributed by atoms with van der Waals surface area (Å²) in [5, 5.41) is 3.40. The highest BCUT2D eigenvalue weighted by molar-refractivity contribution is 9.10. The van der Waals surface area contributed by atoms with Crippen molar-refractivity contribution in [3.8, 4) is 0 Å². The Morgan fingerprint density at radius 2 is 1.32 bits per heavy atom. The lowest BCUT2D eigenvalue weighted by molar-refractivity contribution is -0.116. The Bertz CT molecular complexity index is 1450. The summed E-state index contributed by atoms with van der Waals surface area (Å²) in [6.45, 7) is 3.03. The first-order chi connectivity index (χ1) is 17.3. The summed E-state index contributed by atoms with van der Waals surface area (Å²) in [5.41, 5.74) is 4.33. The van der Waals surface area contributed by atoms with Crippen LogP contribution in [-0.2, 0) is 35.3 Å². The average Bonchev–Trinajstić information content (AvgIpc) is 3.34. The highest BCUT2D eigenvalue weighted by atomic mass is 79.9. The standard InChI is InChI=1S/C14H16BrNO3S.C12H14BrNO2S/c1-10(17)16-9-14(4-6-20(18,19)7-5-14)12-3-2-11(15)8-13(12)16;13-9-1-2-10-11(7-9)14-8-12(10)3-5-17(15,16)6-4-12/h2-3,8H,4-7,9H2,1H3;1-2,7,14H,3-6,8H2. The Morgan fingerprint density at radius 3 is 1.89 bits per heavy atom. The van der Waals surface area contributed by atoms with E-state index >= 15 is 0 Å². The van der Waals surface area contributed by atoms with Gasteiger partial charge in [-0.15, -0.1) is 0 Å². The lowest BCUT2D eigenvalue weighted by Crippen LogP contribution is -2.42. The average molecular weight is 674 g/mol. The monoisotopic (exact) mass is 672 g/mol. The zero-order chi connectivity index (χ0) is 26.6. The second-order valence-electron chi connectivity index (χ2n) is 10.7. The molecule has 0 saturated carbocycles. The van der Waals surface area contributed by atoms with Crippen LogP contribution in [0.25, 0.3) is 0 Å². The number of nitrogens with zero attached hydrogens (tertiary/aromatic N) is 1. The maximum atomic E-state index is 11.9. The van der Waals surface area contributed by atoms with Crippen molar-refractivity contribution >= 4 is 68.8 Å². The van der Waals surface area contributed by atoms with Crippen molar-refractivity contribution in [3.63, 3.8) is 0 Å². The van der Waals surface area contributed by atoms with Gasteiger partial charge in [-0.1, -0.05) is 44.0 Å². The number of carbonyl (C=O) groups is 1. The third kappa shape index (κ3) is 5.25. The molecule has 0 radical (unpaired) electrons. The summed E-state index contributed by atoms with van der Waals surface area (Å²) < 4.78 is 48.4. The second kappa shape index (κ2) is 9.64. The zero-order valence-corrected chi connectivity index (χ0v) is 25.4. The van der Waals surface area contributed by atoms with Crippen LogP contribution in [0, 0.1) is 0 Å². The molecule has 2 aromatic rings. The minimum atomic E-state index is -2.91. The van der Waals surface area contributed by atoms with Crippen molar-refractivity contribution in [3.05, 3.63) is 56.5 Å². The van der Waals surface area contributed by atoms with Crippen LogP contribution in [0.5, 0.6) is 0 Å². The van der Waals surface area contributed by atoms with Gasteiger partial charge in [0.05, 0.1) is 23.0 Å². The molecule has 1 amide bonds. The van der Waals surface area contributed by atoms with Gasteiger partial charge in [0.2, 0.25) is 5.91 Å². The fourth-order valence-electron chi connectivity index (χ4n) is 6.15. The van der Waals surface area contributed by atoms with E-state index in [1.54, 1.807) is 11.8 Å². The molecule has 4 heterocycles. The fourth-order valence-corrected chi connectivity index (χ4v) is 10.1. The Labute approximate surface area is 235 Å². The van der Waals surface area contributed by atoms with E-state index in [1.807, 2.05) is 24.3 Å². The van der Waals surface area contributed by atoms with Crippen LogP contribution in [0.15, 0.2) is 45.3 Å². The number of fused-ring (bicyclic) bond motifs is 4. The van der Waals surface area contributed by atoms with Gasteiger partial charge in [-0.2, -0.15) is 0 Å². The molecule has 0 atom stereocenters. The number of carbonyl (C=O) groups excluding carboxylic acids is 1. The molecular formula is C26H30Br2N2O5S2. The summed E-state index contributed by atoms with van der Waals surface area (Å²) in [4.78, 5) is 13.6. The number of halogens is 2. The van der Waals surface area contributed by atoms with Crippen LogP contribution in [0.1, 0.15) is 43.7 Å². The van der Waals surface area contributed by atoms with E-state index in [0.29, 0.717) is 30.9 Å². The normalized spacial score (nSPS) is 23.5.